The largest absolute Gasteiger partial charge is 0.344 e. The van der Waals surface area contributed by atoms with Crippen molar-refractivity contribution in [2.45, 2.75) is 10.3 Å². The van der Waals surface area contributed by atoms with Crippen LogP contribution in [0.5, 0.6) is 0 Å². The van der Waals surface area contributed by atoms with Crippen molar-refractivity contribution in [3.05, 3.63) is 111 Å². The topological polar surface area (TPSA) is 87.3 Å². The van der Waals surface area contributed by atoms with Crippen LogP contribution in [-0.4, -0.2) is 28.6 Å². The summed E-state index contributed by atoms with van der Waals surface area (Å²) in [5, 5.41) is 7.24. The molecule has 2 aromatic rings. The number of nitrogens with one attached hydrogen (secondary N) is 3. The van der Waals surface area contributed by atoms with Crippen molar-refractivity contribution < 1.29 is 27.6 Å². The fourth-order valence-corrected chi connectivity index (χ4v) is 4.99. The Morgan fingerprint density at radius 1 is 0.902 bits per heavy atom. The number of carbonyl (C=O) groups excluding carboxylic acids is 3. The summed E-state index contributed by atoms with van der Waals surface area (Å²) < 4.78 is 39.1. The summed E-state index contributed by atoms with van der Waals surface area (Å²) in [5.74, 6) is -7.60. The number of benzene rings is 2. The smallest absolute Gasteiger partial charge is 0.279 e. The Kier molecular flexibility index (Phi) is 10.6. The highest BCUT2D eigenvalue weighted by Crippen LogP contribution is 2.65. The van der Waals surface area contributed by atoms with Gasteiger partial charge in [0.1, 0.15) is 16.0 Å². The van der Waals surface area contributed by atoms with Gasteiger partial charge in [-0.25, -0.2) is 13.2 Å². The van der Waals surface area contributed by atoms with Gasteiger partial charge < -0.3 is 16.0 Å². The van der Waals surface area contributed by atoms with Crippen molar-refractivity contribution in [3.8, 4) is 0 Å². The molecule has 0 heterocycles. The average Bonchev–Trinajstić information content (AvgIpc) is 3.48. The van der Waals surface area contributed by atoms with Crippen molar-refractivity contribution >= 4 is 81.4 Å². The molecule has 6 nitrogen and oxygen atoms in total. The van der Waals surface area contributed by atoms with Gasteiger partial charge in [-0.15, -0.1) is 23.2 Å². The Hall–Kier alpha value is -2.95. The third-order valence-electron chi connectivity index (χ3n) is 5.75. The molecular weight excluding hydrogens is 649 g/mol. The number of hydrogen-bond donors (Lipinski definition) is 3. The zero-order valence-corrected chi connectivity index (χ0v) is 24.4. The maximum atomic E-state index is 14.0. The lowest BCUT2D eigenvalue weighted by atomic mass is 10.1. The number of rotatable bonds is 10. The van der Waals surface area contributed by atoms with E-state index in [-0.39, 0.29) is 21.3 Å². The number of hydrogen-bond acceptors (Lipinski definition) is 3. The lowest BCUT2D eigenvalue weighted by Crippen LogP contribution is -2.25. The summed E-state index contributed by atoms with van der Waals surface area (Å²) in [5.41, 5.74) is 0.0458. The average molecular weight is 668 g/mol. The molecular formula is C27H19Cl5F3N3O3. The fraction of sp³-hybridized carbons (Fsp3) is 0.148. The Balaban J connectivity index is 1.73. The molecule has 2 atom stereocenters. The van der Waals surface area contributed by atoms with Gasteiger partial charge in [0.15, 0.2) is 5.83 Å². The van der Waals surface area contributed by atoms with Crippen molar-refractivity contribution in [3.63, 3.8) is 0 Å². The predicted octanol–water partition coefficient (Wildman–Crippen LogP) is 7.72. The van der Waals surface area contributed by atoms with Crippen LogP contribution in [0.4, 0.5) is 18.9 Å². The van der Waals surface area contributed by atoms with Gasteiger partial charge in [-0.05, 0) is 48.0 Å². The normalized spacial score (nSPS) is 17.9. The van der Waals surface area contributed by atoms with Crippen LogP contribution in [0.3, 0.4) is 0 Å². The van der Waals surface area contributed by atoms with Gasteiger partial charge in [0, 0.05) is 11.6 Å². The summed E-state index contributed by atoms with van der Waals surface area (Å²) in [6.45, 7) is 5.12. The SMILES string of the molecule is C=C(F)C(=O)NC/C(F)=C\C=C(\NC(=O)c1cc(NC(=O)[C@H]2[C@H](c3ccc(Cl)c(Cl)c3)C2(Cl)Cl)ccc1Cl)C(=C)F. The Morgan fingerprint density at radius 2 is 1.56 bits per heavy atom. The molecule has 0 unspecified atom stereocenters. The molecule has 0 radical (unpaired) electrons. The van der Waals surface area contributed by atoms with E-state index in [1.165, 1.54) is 18.2 Å². The van der Waals surface area contributed by atoms with Crippen LogP contribution in [0.15, 0.2) is 84.9 Å². The fourth-order valence-electron chi connectivity index (χ4n) is 3.65. The molecule has 0 saturated heterocycles. The first-order valence-electron chi connectivity index (χ1n) is 11.4. The van der Waals surface area contributed by atoms with Crippen molar-refractivity contribution in [1.82, 2.24) is 10.6 Å². The van der Waals surface area contributed by atoms with Crippen LogP contribution in [0.25, 0.3) is 0 Å². The van der Waals surface area contributed by atoms with E-state index in [0.717, 1.165) is 12.2 Å². The van der Waals surface area contributed by atoms with E-state index < -0.39 is 63.6 Å². The quantitative estimate of drug-likeness (QED) is 0.138. The molecule has 1 saturated carbocycles. The first-order valence-corrected chi connectivity index (χ1v) is 13.3. The minimum atomic E-state index is -1.43. The molecule has 1 aliphatic rings. The Morgan fingerprint density at radius 3 is 2.17 bits per heavy atom. The minimum absolute atomic E-state index is 0.0515. The van der Waals surface area contributed by atoms with Gasteiger partial charge >= 0.3 is 0 Å². The molecule has 1 aliphatic carbocycles. The third-order valence-corrected chi connectivity index (χ3v) is 7.76. The van der Waals surface area contributed by atoms with Crippen LogP contribution in [0.1, 0.15) is 21.8 Å². The third kappa shape index (κ3) is 8.08. The summed E-state index contributed by atoms with van der Waals surface area (Å²) >= 11 is 30.9. The number of halogens is 8. The van der Waals surface area contributed by atoms with Gasteiger partial charge in [0.05, 0.1) is 38.8 Å². The van der Waals surface area contributed by atoms with Crippen LogP contribution in [0.2, 0.25) is 15.1 Å². The van der Waals surface area contributed by atoms with Crippen molar-refractivity contribution in [1.29, 1.82) is 0 Å². The van der Waals surface area contributed by atoms with Gasteiger partial charge in [-0.1, -0.05) is 54.0 Å². The first kappa shape index (κ1) is 32.6. The second kappa shape index (κ2) is 13.4. The lowest BCUT2D eigenvalue weighted by Gasteiger charge is -2.11. The molecule has 216 valence electrons. The Bertz CT molecular complexity index is 1510. The van der Waals surface area contributed by atoms with Gasteiger partial charge in [-0.3, -0.25) is 14.4 Å². The molecule has 3 N–H and O–H groups in total. The van der Waals surface area contributed by atoms with Crippen LogP contribution in [0, 0.1) is 5.92 Å². The molecule has 1 fully saturated rings. The van der Waals surface area contributed by atoms with E-state index in [4.69, 9.17) is 58.0 Å². The minimum Gasteiger partial charge on any atom is -0.344 e. The van der Waals surface area contributed by atoms with Crippen LogP contribution in [-0.2, 0) is 9.59 Å². The number of allylic oxidation sites excluding steroid dienone is 3. The summed E-state index contributed by atoms with van der Waals surface area (Å²) in [6, 6.07) is 8.73. The van der Waals surface area contributed by atoms with Crippen LogP contribution < -0.4 is 16.0 Å². The number of carbonyl (C=O) groups is 3. The zero-order chi connectivity index (χ0) is 30.6. The maximum Gasteiger partial charge on any atom is 0.279 e. The zero-order valence-electron chi connectivity index (χ0n) is 20.6. The highest BCUT2D eigenvalue weighted by atomic mass is 35.5. The first-order chi connectivity index (χ1) is 19.1. The molecule has 14 heteroatoms. The predicted molar refractivity (Wildman–Crippen MR) is 155 cm³/mol. The summed E-state index contributed by atoms with van der Waals surface area (Å²) in [6.07, 6.45) is 1.56. The van der Waals surface area contributed by atoms with E-state index in [1.807, 2.05) is 5.32 Å². The van der Waals surface area contributed by atoms with Crippen LogP contribution >= 0.6 is 58.0 Å². The highest BCUT2D eigenvalue weighted by Gasteiger charge is 2.67. The molecule has 0 spiro atoms. The molecule has 3 rings (SSSR count). The molecule has 0 bridgehead atoms. The molecule has 0 aliphatic heterocycles. The molecule has 0 aromatic heterocycles. The Labute approximate surface area is 257 Å². The van der Waals surface area contributed by atoms with E-state index in [1.54, 1.807) is 18.2 Å². The van der Waals surface area contributed by atoms with Crippen molar-refractivity contribution in [2.24, 2.45) is 5.92 Å². The number of anilines is 1. The summed E-state index contributed by atoms with van der Waals surface area (Å²) in [7, 11) is 0. The molecule has 3 amide bonds. The lowest BCUT2D eigenvalue weighted by molar-refractivity contribution is -0.119. The van der Waals surface area contributed by atoms with Gasteiger partial charge in [0.2, 0.25) is 5.91 Å². The van der Waals surface area contributed by atoms with Gasteiger partial charge in [0.25, 0.3) is 11.8 Å². The summed E-state index contributed by atoms with van der Waals surface area (Å²) in [4.78, 5) is 37.0. The monoisotopic (exact) mass is 665 g/mol. The number of amides is 3. The van der Waals surface area contributed by atoms with E-state index in [0.29, 0.717) is 10.6 Å². The van der Waals surface area contributed by atoms with E-state index >= 15 is 0 Å². The molecule has 41 heavy (non-hydrogen) atoms. The maximum absolute atomic E-state index is 14.0. The van der Waals surface area contributed by atoms with E-state index in [2.05, 4.69) is 23.8 Å². The highest BCUT2D eigenvalue weighted by molar-refractivity contribution is 6.53. The van der Waals surface area contributed by atoms with Gasteiger partial charge in [-0.2, -0.15) is 0 Å². The van der Waals surface area contributed by atoms with E-state index in [9.17, 15) is 27.6 Å². The number of alkyl halides is 2. The molecule has 2 aromatic carbocycles. The standard InChI is InChI=1S/C27H19Cl5F3N3O3/c1-12(33)21(8-4-15(35)11-36-24(39)13(2)34)38-25(40)17-10-16(5-7-18(17)28)37-26(41)23-22(27(23,31)32)14-3-6-19(29)20(30)9-14/h3-10,22-23H,1-2,11H2,(H,36,39)(H,37,41)(H,38,40)/b15-4+,21-8+/t22-,23+/m0/s1. The second-order valence-corrected chi connectivity index (χ2v) is 11.3. The van der Waals surface area contributed by atoms with Crippen molar-refractivity contribution in [2.75, 3.05) is 11.9 Å². The second-order valence-electron chi connectivity index (χ2n) is 8.63.